The molecule has 8 nitrogen and oxygen atoms in total. The average Bonchev–Trinajstić information content (AvgIpc) is 3.11. The van der Waals surface area contributed by atoms with Crippen molar-refractivity contribution in [3.63, 3.8) is 0 Å². The Hall–Kier alpha value is -4.63. The lowest BCUT2D eigenvalue weighted by molar-refractivity contribution is -0.140. The number of rotatable bonds is 13. The number of ether oxygens (including phenoxy) is 1. The van der Waals surface area contributed by atoms with Gasteiger partial charge in [0.1, 0.15) is 18.3 Å². The molecule has 1 aliphatic carbocycles. The summed E-state index contributed by atoms with van der Waals surface area (Å²) >= 11 is 0. The second-order valence-electron chi connectivity index (χ2n) is 13.0. The molecule has 1 aliphatic rings. The topological polar surface area (TPSA) is 96.0 Å². The Morgan fingerprint density at radius 3 is 2.18 bits per heavy atom. The summed E-state index contributed by atoms with van der Waals surface area (Å²) in [5.74, 6) is -0.113. The third kappa shape index (κ3) is 9.09. The molecule has 1 atom stereocenters. The molecule has 49 heavy (non-hydrogen) atoms. The van der Waals surface area contributed by atoms with E-state index in [4.69, 9.17) is 4.74 Å². The molecule has 2 amide bonds. The van der Waals surface area contributed by atoms with E-state index in [0.29, 0.717) is 11.4 Å². The number of benzene rings is 4. The molecule has 0 aromatic heterocycles. The van der Waals surface area contributed by atoms with Crippen LogP contribution in [0, 0.1) is 20.8 Å². The van der Waals surface area contributed by atoms with E-state index in [1.807, 2.05) is 81.4 Å². The van der Waals surface area contributed by atoms with E-state index >= 15 is 0 Å². The van der Waals surface area contributed by atoms with E-state index in [1.165, 1.54) is 4.31 Å². The lowest BCUT2D eigenvalue weighted by Gasteiger charge is -2.35. The SMILES string of the molecule is COc1cccc(CN(C(=O)CN(c2ccc(C)c(C)c2)S(=O)(=O)c2ccc(C)cc2)[C@@H](Cc2ccccc2)C(=O)NC2CCCCC2)c1. The average molecular weight is 682 g/mol. The van der Waals surface area contributed by atoms with Crippen LogP contribution < -0.4 is 14.4 Å². The summed E-state index contributed by atoms with van der Waals surface area (Å²) < 4.78 is 35.4. The minimum atomic E-state index is -4.17. The number of amides is 2. The van der Waals surface area contributed by atoms with Gasteiger partial charge in [-0.05, 0) is 92.3 Å². The van der Waals surface area contributed by atoms with Crippen LogP contribution in [0.4, 0.5) is 5.69 Å². The maximum atomic E-state index is 14.8. The first kappa shape index (κ1) is 35.7. The number of hydrogen-bond donors (Lipinski definition) is 1. The summed E-state index contributed by atoms with van der Waals surface area (Å²) in [6, 6.07) is 28.1. The van der Waals surface area contributed by atoms with E-state index in [-0.39, 0.29) is 29.8 Å². The highest BCUT2D eigenvalue weighted by Crippen LogP contribution is 2.28. The Balaban J connectivity index is 1.58. The van der Waals surface area contributed by atoms with Crippen LogP contribution in [0.2, 0.25) is 0 Å². The molecule has 0 bridgehead atoms. The summed E-state index contributed by atoms with van der Waals surface area (Å²) in [6.45, 7) is 5.35. The Morgan fingerprint density at radius 2 is 1.51 bits per heavy atom. The smallest absolute Gasteiger partial charge is 0.264 e. The van der Waals surface area contributed by atoms with Gasteiger partial charge in [0.05, 0.1) is 17.7 Å². The predicted octanol–water partition coefficient (Wildman–Crippen LogP) is 6.90. The van der Waals surface area contributed by atoms with E-state index in [1.54, 1.807) is 48.4 Å². The molecule has 4 aromatic rings. The van der Waals surface area contributed by atoms with Gasteiger partial charge in [-0.15, -0.1) is 0 Å². The lowest BCUT2D eigenvalue weighted by Crippen LogP contribution is -2.55. The van der Waals surface area contributed by atoms with Crippen molar-refractivity contribution in [2.24, 2.45) is 0 Å². The van der Waals surface area contributed by atoms with E-state index in [2.05, 4.69) is 5.32 Å². The highest BCUT2D eigenvalue weighted by molar-refractivity contribution is 7.92. The molecule has 5 rings (SSSR count). The molecular weight excluding hydrogens is 635 g/mol. The van der Waals surface area contributed by atoms with Crippen molar-refractivity contribution in [1.82, 2.24) is 10.2 Å². The molecular formula is C40H47N3O5S. The van der Waals surface area contributed by atoms with Crippen molar-refractivity contribution in [2.45, 2.75) is 82.8 Å². The number of hydrogen-bond acceptors (Lipinski definition) is 5. The fourth-order valence-electron chi connectivity index (χ4n) is 6.31. The van der Waals surface area contributed by atoms with Gasteiger partial charge in [-0.3, -0.25) is 13.9 Å². The highest BCUT2D eigenvalue weighted by atomic mass is 32.2. The van der Waals surface area contributed by atoms with Crippen molar-refractivity contribution in [3.8, 4) is 5.75 Å². The summed E-state index contributed by atoms with van der Waals surface area (Å²) in [5.41, 5.74) is 4.86. The first-order valence-corrected chi connectivity index (χ1v) is 18.4. The minimum Gasteiger partial charge on any atom is -0.497 e. The summed E-state index contributed by atoms with van der Waals surface area (Å²) in [4.78, 5) is 30.7. The molecule has 0 heterocycles. The lowest BCUT2D eigenvalue weighted by atomic mass is 9.94. The van der Waals surface area contributed by atoms with E-state index in [0.717, 1.165) is 59.9 Å². The van der Waals surface area contributed by atoms with Crippen LogP contribution in [0.1, 0.15) is 59.9 Å². The van der Waals surface area contributed by atoms with Crippen molar-refractivity contribution in [2.75, 3.05) is 18.0 Å². The third-order valence-corrected chi connectivity index (χ3v) is 11.2. The Morgan fingerprint density at radius 1 is 0.816 bits per heavy atom. The number of nitrogens with one attached hydrogen (secondary N) is 1. The van der Waals surface area contributed by atoms with Gasteiger partial charge in [-0.1, -0.05) is 85.5 Å². The number of anilines is 1. The zero-order valence-corrected chi connectivity index (χ0v) is 29.7. The Labute approximate surface area is 291 Å². The number of aryl methyl sites for hydroxylation is 3. The van der Waals surface area contributed by atoms with Crippen LogP contribution in [0.3, 0.4) is 0 Å². The van der Waals surface area contributed by atoms with Gasteiger partial charge in [0, 0.05) is 19.0 Å². The van der Waals surface area contributed by atoms with Gasteiger partial charge in [0.25, 0.3) is 10.0 Å². The third-order valence-electron chi connectivity index (χ3n) is 9.38. The van der Waals surface area contributed by atoms with E-state index in [9.17, 15) is 18.0 Å². The van der Waals surface area contributed by atoms with Crippen LogP contribution in [0.25, 0.3) is 0 Å². The van der Waals surface area contributed by atoms with Crippen LogP contribution in [0.5, 0.6) is 5.75 Å². The maximum Gasteiger partial charge on any atom is 0.264 e. The predicted molar refractivity (Wildman–Crippen MR) is 194 cm³/mol. The summed E-state index contributed by atoms with van der Waals surface area (Å²) in [6.07, 6.45) is 5.28. The number of methoxy groups -OCH3 is 1. The first-order chi connectivity index (χ1) is 23.5. The normalized spacial score (nSPS) is 14.1. The number of carbonyl (C=O) groups excluding carboxylic acids is 2. The first-order valence-electron chi connectivity index (χ1n) is 17.0. The maximum absolute atomic E-state index is 14.8. The van der Waals surface area contributed by atoms with E-state index < -0.39 is 28.5 Å². The van der Waals surface area contributed by atoms with Crippen LogP contribution in [-0.4, -0.2) is 50.9 Å². The minimum absolute atomic E-state index is 0.0299. The molecule has 0 radical (unpaired) electrons. The van der Waals surface area contributed by atoms with Crippen molar-refractivity contribution >= 4 is 27.5 Å². The highest BCUT2D eigenvalue weighted by Gasteiger charge is 2.35. The van der Waals surface area contributed by atoms with Gasteiger partial charge >= 0.3 is 0 Å². The van der Waals surface area contributed by atoms with Crippen molar-refractivity contribution < 1.29 is 22.7 Å². The molecule has 1 N–H and O–H groups in total. The van der Waals surface area contributed by atoms with Crippen molar-refractivity contribution in [1.29, 1.82) is 0 Å². The number of sulfonamides is 1. The Kier molecular flexibility index (Phi) is 11.8. The molecule has 0 unspecified atom stereocenters. The summed E-state index contributed by atoms with van der Waals surface area (Å²) in [5, 5.41) is 3.25. The molecule has 258 valence electrons. The monoisotopic (exact) mass is 681 g/mol. The molecule has 0 aliphatic heterocycles. The van der Waals surface area contributed by atoms with Crippen LogP contribution in [0.15, 0.2) is 102 Å². The summed E-state index contributed by atoms with van der Waals surface area (Å²) in [7, 11) is -2.60. The standard InChI is InChI=1S/C40H47N3O5S/c1-29-18-22-37(23-19-29)49(46,47)43(35-21-20-30(2)31(3)24-35)28-39(44)42(27-33-14-11-17-36(25-33)48-4)38(26-32-12-7-5-8-13-32)40(45)41-34-15-9-6-10-16-34/h5,7-8,11-14,17-25,34,38H,6,9-10,15-16,26-28H2,1-4H3,(H,41,45)/t38-/m0/s1. The molecule has 1 fully saturated rings. The molecule has 4 aromatic carbocycles. The number of carbonyl (C=O) groups is 2. The van der Waals surface area contributed by atoms with Crippen molar-refractivity contribution in [3.05, 3.63) is 125 Å². The zero-order chi connectivity index (χ0) is 35.0. The number of nitrogens with zero attached hydrogens (tertiary/aromatic N) is 2. The second kappa shape index (κ2) is 16.2. The van der Waals surface area contributed by atoms with Gasteiger partial charge in [0.15, 0.2) is 0 Å². The van der Waals surface area contributed by atoms with Gasteiger partial charge < -0.3 is 15.0 Å². The Bertz CT molecular complexity index is 1840. The van der Waals surface area contributed by atoms with Gasteiger partial charge in [-0.2, -0.15) is 0 Å². The fraction of sp³-hybridized carbons (Fsp3) is 0.350. The quantitative estimate of drug-likeness (QED) is 0.166. The zero-order valence-electron chi connectivity index (χ0n) is 28.9. The molecule has 0 spiro atoms. The van der Waals surface area contributed by atoms with Gasteiger partial charge in [-0.25, -0.2) is 8.42 Å². The largest absolute Gasteiger partial charge is 0.497 e. The van der Waals surface area contributed by atoms with Crippen LogP contribution >= 0.6 is 0 Å². The fourth-order valence-corrected chi connectivity index (χ4v) is 7.72. The molecule has 9 heteroatoms. The molecule has 1 saturated carbocycles. The van der Waals surface area contributed by atoms with Gasteiger partial charge in [0.2, 0.25) is 11.8 Å². The van der Waals surface area contributed by atoms with Crippen LogP contribution in [-0.2, 0) is 32.6 Å². The molecule has 0 saturated heterocycles. The second-order valence-corrected chi connectivity index (χ2v) is 14.9.